The number of esters is 1. The number of carbonyl (C=O) groups excluding carboxylic acids is 2. The third-order valence-corrected chi connectivity index (χ3v) is 4.75. The quantitative estimate of drug-likeness (QED) is 0.370. The Balaban J connectivity index is 1.80. The summed E-state index contributed by atoms with van der Waals surface area (Å²) >= 11 is 0. The number of benzene rings is 1. The molecular weight excluding hydrogens is 374 g/mol. The summed E-state index contributed by atoms with van der Waals surface area (Å²) in [7, 11) is 0. The second-order valence-electron chi connectivity index (χ2n) is 6.66. The fraction of sp³-hybridized carbons (Fsp3) is 0.318. The van der Waals surface area contributed by atoms with Gasteiger partial charge in [-0.3, -0.25) is 4.79 Å². The molecule has 0 aliphatic heterocycles. The van der Waals surface area contributed by atoms with E-state index in [-0.39, 0.29) is 19.0 Å². The van der Waals surface area contributed by atoms with Crippen molar-refractivity contribution in [1.82, 2.24) is 4.98 Å². The highest BCUT2D eigenvalue weighted by Crippen LogP contribution is 2.24. The topological polar surface area (TPSA) is 98.6 Å². The van der Waals surface area contributed by atoms with Crippen molar-refractivity contribution in [2.24, 2.45) is 0 Å². The molecule has 2 aromatic heterocycles. The van der Waals surface area contributed by atoms with E-state index < -0.39 is 11.6 Å². The number of nitrogens with one attached hydrogen (secondary N) is 1. The van der Waals surface area contributed by atoms with Gasteiger partial charge in [0.1, 0.15) is 11.3 Å². The molecule has 0 atom stereocenters. The van der Waals surface area contributed by atoms with Gasteiger partial charge in [0.25, 0.3) is 0 Å². The molecule has 0 fully saturated rings. The van der Waals surface area contributed by atoms with E-state index in [0.717, 1.165) is 10.9 Å². The summed E-state index contributed by atoms with van der Waals surface area (Å²) in [5.41, 5.74) is 2.67. The maximum Gasteiger partial charge on any atom is 0.340 e. The average molecular weight is 397 g/mol. The first-order valence-electron chi connectivity index (χ1n) is 9.44. The Morgan fingerprint density at radius 1 is 1.14 bits per heavy atom. The summed E-state index contributed by atoms with van der Waals surface area (Å²) in [6.45, 7) is 7.12. The number of carbonyl (C=O) groups is 2. The van der Waals surface area contributed by atoms with Crippen LogP contribution in [0.5, 0.6) is 5.75 Å². The van der Waals surface area contributed by atoms with E-state index in [0.29, 0.717) is 40.3 Å². The molecule has 2 heterocycles. The van der Waals surface area contributed by atoms with Gasteiger partial charge in [0.15, 0.2) is 6.61 Å². The molecule has 7 nitrogen and oxygen atoms in total. The molecule has 0 saturated heterocycles. The fourth-order valence-electron chi connectivity index (χ4n) is 3.35. The smallest absolute Gasteiger partial charge is 0.340 e. The van der Waals surface area contributed by atoms with Gasteiger partial charge in [-0.2, -0.15) is 0 Å². The largest absolute Gasteiger partial charge is 0.485 e. The maximum absolute atomic E-state index is 12.6. The summed E-state index contributed by atoms with van der Waals surface area (Å²) in [6.07, 6.45) is 0.703. The first-order valence-corrected chi connectivity index (χ1v) is 9.44. The van der Waals surface area contributed by atoms with Crippen LogP contribution in [0.4, 0.5) is 0 Å². The number of hydrogen-bond acceptors (Lipinski definition) is 6. The van der Waals surface area contributed by atoms with Gasteiger partial charge < -0.3 is 18.9 Å². The molecule has 0 aliphatic carbocycles. The molecule has 29 heavy (non-hydrogen) atoms. The minimum Gasteiger partial charge on any atom is -0.485 e. The number of rotatable bonds is 7. The zero-order valence-corrected chi connectivity index (χ0v) is 16.9. The molecule has 0 radical (unpaired) electrons. The number of Topliss-reactive ketones (excluding diaryl/α,β-unsaturated/α-hetero) is 1. The third kappa shape index (κ3) is 4.08. The van der Waals surface area contributed by atoms with E-state index in [1.807, 2.05) is 6.92 Å². The number of aryl methyl sites for hydroxylation is 2. The zero-order chi connectivity index (χ0) is 21.1. The predicted octanol–water partition coefficient (Wildman–Crippen LogP) is 3.74. The van der Waals surface area contributed by atoms with Crippen LogP contribution >= 0.6 is 0 Å². The van der Waals surface area contributed by atoms with Crippen LogP contribution in [0.25, 0.3) is 11.0 Å². The van der Waals surface area contributed by atoms with Gasteiger partial charge in [-0.15, -0.1) is 0 Å². The van der Waals surface area contributed by atoms with Crippen molar-refractivity contribution < 1.29 is 23.5 Å². The number of aromatic amines is 1. The van der Waals surface area contributed by atoms with E-state index in [2.05, 4.69) is 4.98 Å². The Hall–Kier alpha value is -3.35. The van der Waals surface area contributed by atoms with Crippen molar-refractivity contribution >= 4 is 22.7 Å². The molecule has 0 unspecified atom stereocenters. The molecule has 1 N–H and O–H groups in total. The fourth-order valence-corrected chi connectivity index (χ4v) is 3.35. The van der Waals surface area contributed by atoms with Crippen LogP contribution < -0.4 is 10.4 Å². The summed E-state index contributed by atoms with van der Waals surface area (Å²) in [6, 6.07) is 6.61. The van der Waals surface area contributed by atoms with E-state index in [9.17, 15) is 14.4 Å². The van der Waals surface area contributed by atoms with Crippen molar-refractivity contribution in [2.45, 2.75) is 34.1 Å². The Morgan fingerprint density at radius 2 is 1.90 bits per heavy atom. The van der Waals surface area contributed by atoms with Crippen LogP contribution in [0, 0.1) is 13.8 Å². The maximum atomic E-state index is 12.6. The lowest BCUT2D eigenvalue weighted by Gasteiger charge is -2.08. The molecule has 3 rings (SSSR count). The number of ketones is 1. The van der Waals surface area contributed by atoms with Gasteiger partial charge in [-0.25, -0.2) is 9.59 Å². The van der Waals surface area contributed by atoms with E-state index in [1.54, 1.807) is 39.0 Å². The Morgan fingerprint density at radius 3 is 2.59 bits per heavy atom. The van der Waals surface area contributed by atoms with Crippen LogP contribution in [0.15, 0.2) is 33.5 Å². The molecule has 0 aliphatic rings. The van der Waals surface area contributed by atoms with Crippen LogP contribution in [0.2, 0.25) is 0 Å². The lowest BCUT2D eigenvalue weighted by molar-refractivity contribution is 0.0525. The Labute approximate surface area is 167 Å². The highest BCUT2D eigenvalue weighted by Gasteiger charge is 2.23. The number of ether oxygens (including phenoxy) is 2. The molecule has 3 aromatic rings. The highest BCUT2D eigenvalue weighted by molar-refractivity contribution is 6.02. The van der Waals surface area contributed by atoms with Crippen LogP contribution in [0.3, 0.4) is 0 Å². The van der Waals surface area contributed by atoms with Crippen molar-refractivity contribution in [1.29, 1.82) is 0 Å². The molecular formula is C22H23NO6. The molecule has 7 heteroatoms. The van der Waals surface area contributed by atoms with Gasteiger partial charge in [-0.1, -0.05) is 6.92 Å². The molecule has 0 amide bonds. The van der Waals surface area contributed by atoms with Crippen molar-refractivity contribution in [3.8, 4) is 5.75 Å². The first kappa shape index (κ1) is 20.4. The summed E-state index contributed by atoms with van der Waals surface area (Å²) in [5, 5.41) is 0.834. The lowest BCUT2D eigenvalue weighted by atomic mass is 10.1. The summed E-state index contributed by atoms with van der Waals surface area (Å²) < 4.78 is 15.9. The number of aromatic nitrogens is 1. The zero-order valence-electron chi connectivity index (χ0n) is 16.9. The second kappa shape index (κ2) is 8.34. The summed E-state index contributed by atoms with van der Waals surface area (Å²) in [4.78, 5) is 39.4. The SMILES string of the molecule is CCOC(=O)c1c(C)[nH]c(C(=O)COc2ccc3c(CC)cc(=O)oc3c2)c1C. The third-order valence-electron chi connectivity index (χ3n) is 4.75. The standard InChI is InChI=1S/C22H23NO6/c1-5-14-9-19(25)29-18-10-15(7-8-16(14)18)28-11-17(24)21-12(3)20(13(4)23-21)22(26)27-6-2/h7-10,23H,5-6,11H2,1-4H3. The van der Waals surface area contributed by atoms with Crippen molar-refractivity contribution in [3.05, 3.63) is 62.8 Å². The molecule has 1 aromatic carbocycles. The van der Waals surface area contributed by atoms with E-state index in [1.165, 1.54) is 6.07 Å². The number of H-pyrrole nitrogens is 1. The van der Waals surface area contributed by atoms with Gasteiger partial charge >= 0.3 is 11.6 Å². The van der Waals surface area contributed by atoms with Gasteiger partial charge in [-0.05, 0) is 50.5 Å². The van der Waals surface area contributed by atoms with Crippen LogP contribution in [-0.4, -0.2) is 30.0 Å². The minimum absolute atomic E-state index is 0.230. The monoisotopic (exact) mass is 397 g/mol. The van der Waals surface area contributed by atoms with Crippen molar-refractivity contribution in [2.75, 3.05) is 13.2 Å². The average Bonchev–Trinajstić information content (AvgIpc) is 2.99. The van der Waals surface area contributed by atoms with Gasteiger partial charge in [0, 0.05) is 23.2 Å². The van der Waals surface area contributed by atoms with E-state index >= 15 is 0 Å². The molecule has 0 saturated carbocycles. The minimum atomic E-state index is -0.463. The lowest BCUT2D eigenvalue weighted by Crippen LogP contribution is -2.14. The highest BCUT2D eigenvalue weighted by atomic mass is 16.5. The Bertz CT molecular complexity index is 1140. The normalized spacial score (nSPS) is 10.9. The predicted molar refractivity (Wildman–Crippen MR) is 108 cm³/mol. The number of fused-ring (bicyclic) bond motifs is 1. The van der Waals surface area contributed by atoms with Crippen molar-refractivity contribution in [3.63, 3.8) is 0 Å². The molecule has 152 valence electrons. The first-order chi connectivity index (χ1) is 13.8. The van der Waals surface area contributed by atoms with Crippen LogP contribution in [0.1, 0.15) is 51.5 Å². The summed E-state index contributed by atoms with van der Waals surface area (Å²) in [5.74, 6) is -0.353. The number of hydrogen-bond donors (Lipinski definition) is 1. The molecule has 0 bridgehead atoms. The van der Waals surface area contributed by atoms with Crippen LogP contribution in [-0.2, 0) is 11.2 Å². The van der Waals surface area contributed by atoms with Gasteiger partial charge in [0.2, 0.25) is 5.78 Å². The molecule has 0 spiro atoms. The Kier molecular flexibility index (Phi) is 5.87. The van der Waals surface area contributed by atoms with E-state index in [4.69, 9.17) is 13.9 Å². The second-order valence-corrected chi connectivity index (χ2v) is 6.66. The van der Waals surface area contributed by atoms with Gasteiger partial charge in [0.05, 0.1) is 17.9 Å².